The fourth-order valence-electron chi connectivity index (χ4n) is 8.03. The summed E-state index contributed by atoms with van der Waals surface area (Å²) >= 11 is 0. The van der Waals surface area contributed by atoms with Crippen molar-refractivity contribution in [2.24, 2.45) is 0 Å². The minimum absolute atomic E-state index is 0.257. The molecule has 3 aliphatic rings. The van der Waals surface area contributed by atoms with E-state index in [2.05, 4.69) is 30.3 Å². The maximum Gasteiger partial charge on any atom is 0.407 e. The molecule has 15 heteroatoms. The number of nitrogens with one attached hydrogen (secondary N) is 4. The van der Waals surface area contributed by atoms with Crippen molar-refractivity contribution in [3.63, 3.8) is 0 Å². The van der Waals surface area contributed by atoms with E-state index in [1.165, 1.54) is 20.3 Å². The summed E-state index contributed by atoms with van der Waals surface area (Å²) in [4.78, 5) is 70.8. The number of allylic oxidation sites excluding steroid dienone is 4. The molecule has 0 saturated carbocycles. The van der Waals surface area contributed by atoms with Gasteiger partial charge in [-0.2, -0.15) is 0 Å². The van der Waals surface area contributed by atoms with E-state index in [4.69, 9.17) is 9.72 Å². The Morgan fingerprint density at radius 2 is 1.52 bits per heavy atom. The van der Waals surface area contributed by atoms with E-state index in [9.17, 15) is 19.2 Å². The van der Waals surface area contributed by atoms with E-state index in [0.29, 0.717) is 66.4 Å². The summed E-state index contributed by atoms with van der Waals surface area (Å²) in [5.74, 6) is 0.168. The molecular formula is C41H45FN8O6. The maximum atomic E-state index is 16.2. The summed E-state index contributed by atoms with van der Waals surface area (Å²) in [6, 6.07) is 11.7. The number of H-pyrrole nitrogens is 2. The number of benzene rings is 2. The van der Waals surface area contributed by atoms with Crippen molar-refractivity contribution in [2.45, 2.75) is 68.6 Å². The molecule has 0 bridgehead atoms. The van der Waals surface area contributed by atoms with Gasteiger partial charge in [0, 0.05) is 30.5 Å². The van der Waals surface area contributed by atoms with Gasteiger partial charge in [0.1, 0.15) is 29.5 Å². The molecule has 2 saturated heterocycles. The predicted octanol–water partition coefficient (Wildman–Crippen LogP) is 5.91. The molecule has 0 radical (unpaired) electrons. The number of ether oxygens (including phenoxy) is 2. The van der Waals surface area contributed by atoms with Gasteiger partial charge in [-0.3, -0.25) is 9.59 Å². The Bertz CT molecular complexity index is 2150. The van der Waals surface area contributed by atoms with Gasteiger partial charge in [-0.25, -0.2) is 23.9 Å². The standard InChI is InChI=1S/C41H45FN8O6/c1-25(45-39(53)55-2)37(51)49-20-10-14-31(49)35-43-23-30(46-35)28-17-16-27(22-29(28)42)41(18-8-5-9-19-41)33-24-44-36(47-33)32-15-11-21-50(32)38(52)34(48-40(54)56-3)26-12-6-4-7-13-26/h4-9,12-13,16-18,22-25,31-32,34H,10-11,14-15,19-21H2,1-3H3,(H,43,46)(H,44,47)(H,45,53)(H,48,54)/t25-,31-,32-,34+,41?/m0/s1. The molecule has 2 aliphatic heterocycles. The van der Waals surface area contributed by atoms with Gasteiger partial charge in [-0.1, -0.05) is 60.7 Å². The number of hydrogen-bond donors (Lipinski definition) is 4. The van der Waals surface area contributed by atoms with Crippen LogP contribution in [0.1, 0.15) is 85.6 Å². The molecule has 292 valence electrons. The third kappa shape index (κ3) is 7.40. The Hall–Kier alpha value is -6.25. The number of carbonyl (C=O) groups is 4. The average molecular weight is 765 g/mol. The van der Waals surface area contributed by atoms with Gasteiger partial charge in [0.25, 0.3) is 5.91 Å². The summed E-state index contributed by atoms with van der Waals surface area (Å²) in [6.45, 7) is 2.60. The minimum atomic E-state index is -0.942. The highest BCUT2D eigenvalue weighted by molar-refractivity contribution is 5.87. The lowest BCUT2D eigenvalue weighted by Gasteiger charge is -2.31. The van der Waals surface area contributed by atoms with E-state index in [1.54, 1.807) is 47.3 Å². The summed E-state index contributed by atoms with van der Waals surface area (Å²) < 4.78 is 25.7. The molecule has 2 aromatic heterocycles. The molecule has 5 atom stereocenters. The molecule has 14 nitrogen and oxygen atoms in total. The van der Waals surface area contributed by atoms with Gasteiger partial charge in [0.15, 0.2) is 0 Å². The molecule has 4 N–H and O–H groups in total. The zero-order valence-corrected chi connectivity index (χ0v) is 31.5. The molecule has 2 aromatic carbocycles. The number of likely N-dealkylation sites (tertiary alicyclic amines) is 2. The van der Waals surface area contributed by atoms with E-state index in [-0.39, 0.29) is 23.9 Å². The molecule has 4 amide bonds. The highest BCUT2D eigenvalue weighted by atomic mass is 19.1. The largest absolute Gasteiger partial charge is 0.453 e. The van der Waals surface area contributed by atoms with Gasteiger partial charge in [-0.15, -0.1) is 0 Å². The number of alkyl carbamates (subject to hydrolysis) is 2. The minimum Gasteiger partial charge on any atom is -0.453 e. The molecule has 4 heterocycles. The smallest absolute Gasteiger partial charge is 0.407 e. The fraction of sp³-hybridized carbons (Fsp3) is 0.366. The first-order chi connectivity index (χ1) is 27.1. The van der Waals surface area contributed by atoms with Gasteiger partial charge < -0.3 is 39.9 Å². The molecule has 1 aliphatic carbocycles. The molecular weight excluding hydrogens is 719 g/mol. The Kier molecular flexibility index (Phi) is 11.0. The summed E-state index contributed by atoms with van der Waals surface area (Å²) in [6.07, 6.45) is 13.3. The van der Waals surface area contributed by atoms with Crippen LogP contribution in [0.25, 0.3) is 11.3 Å². The second-order valence-corrected chi connectivity index (χ2v) is 14.2. The van der Waals surface area contributed by atoms with Gasteiger partial charge >= 0.3 is 12.2 Å². The van der Waals surface area contributed by atoms with Crippen molar-refractivity contribution in [1.82, 2.24) is 40.4 Å². The molecule has 4 aromatic rings. The van der Waals surface area contributed by atoms with E-state index in [1.807, 2.05) is 48.6 Å². The Morgan fingerprint density at radius 3 is 2.18 bits per heavy atom. The average Bonchev–Trinajstić information content (AvgIpc) is 4.07. The fourth-order valence-corrected chi connectivity index (χ4v) is 8.03. The Balaban J connectivity index is 1.12. The number of nitrogens with zero attached hydrogens (tertiary/aromatic N) is 4. The van der Waals surface area contributed by atoms with Crippen LogP contribution in [0.3, 0.4) is 0 Å². The summed E-state index contributed by atoms with van der Waals surface area (Å²) in [5.41, 5.74) is 2.12. The van der Waals surface area contributed by atoms with E-state index in [0.717, 1.165) is 18.5 Å². The number of imidazole rings is 2. The van der Waals surface area contributed by atoms with Crippen LogP contribution in [0.5, 0.6) is 0 Å². The maximum absolute atomic E-state index is 16.2. The molecule has 2 fully saturated rings. The topological polar surface area (TPSA) is 175 Å². The number of amides is 4. The highest BCUT2D eigenvalue weighted by Crippen LogP contribution is 2.42. The summed E-state index contributed by atoms with van der Waals surface area (Å²) in [5, 5.41) is 5.22. The number of aromatic nitrogens is 4. The third-order valence-electron chi connectivity index (χ3n) is 10.9. The van der Waals surface area contributed by atoms with Crippen LogP contribution in [-0.2, 0) is 24.5 Å². The summed E-state index contributed by atoms with van der Waals surface area (Å²) in [7, 11) is 2.50. The SMILES string of the molecule is COC(=O)N[C@@H](C)C(=O)N1CCC[C@H]1c1ncc(-c2ccc(C3(c4cnc([C@@H]5CCCN5C(=O)[C@H](NC(=O)OC)c5ccccc5)[nH]4)C=CC=CC3)cc2F)[nH]1. The normalized spacial score (nSPS) is 21.4. The Morgan fingerprint density at radius 1 is 0.857 bits per heavy atom. The Labute approximate surface area is 323 Å². The first kappa shape index (κ1) is 38.0. The number of methoxy groups -OCH3 is 2. The number of aromatic amines is 2. The van der Waals surface area contributed by atoms with Crippen LogP contribution >= 0.6 is 0 Å². The first-order valence-corrected chi connectivity index (χ1v) is 18.7. The van der Waals surface area contributed by atoms with Crippen molar-refractivity contribution in [1.29, 1.82) is 0 Å². The predicted molar refractivity (Wildman–Crippen MR) is 203 cm³/mol. The van der Waals surface area contributed by atoms with E-state index < -0.39 is 35.5 Å². The lowest BCUT2D eigenvalue weighted by atomic mass is 9.73. The van der Waals surface area contributed by atoms with Crippen LogP contribution in [0, 0.1) is 5.82 Å². The molecule has 7 rings (SSSR count). The lowest BCUT2D eigenvalue weighted by Crippen LogP contribution is -2.46. The van der Waals surface area contributed by atoms with E-state index >= 15 is 4.39 Å². The number of rotatable bonds is 10. The second-order valence-electron chi connectivity index (χ2n) is 14.2. The monoisotopic (exact) mass is 764 g/mol. The third-order valence-corrected chi connectivity index (χ3v) is 10.9. The highest BCUT2D eigenvalue weighted by Gasteiger charge is 2.40. The van der Waals surface area contributed by atoms with Gasteiger partial charge in [0.2, 0.25) is 5.91 Å². The zero-order chi connectivity index (χ0) is 39.4. The van der Waals surface area contributed by atoms with Gasteiger partial charge in [-0.05, 0) is 62.3 Å². The number of halogens is 1. The van der Waals surface area contributed by atoms with Crippen LogP contribution in [-0.4, -0.2) is 87.1 Å². The van der Waals surface area contributed by atoms with Crippen molar-refractivity contribution in [3.8, 4) is 11.3 Å². The van der Waals surface area contributed by atoms with Crippen LogP contribution in [0.2, 0.25) is 0 Å². The quantitative estimate of drug-likeness (QED) is 0.154. The lowest BCUT2D eigenvalue weighted by molar-refractivity contribution is -0.135. The van der Waals surface area contributed by atoms with Crippen molar-refractivity contribution in [2.75, 3.05) is 27.3 Å². The van der Waals surface area contributed by atoms with Crippen LogP contribution in [0.15, 0.2) is 85.2 Å². The zero-order valence-electron chi connectivity index (χ0n) is 31.5. The van der Waals surface area contributed by atoms with Gasteiger partial charge in [0.05, 0.1) is 43.6 Å². The molecule has 1 unspecified atom stereocenters. The van der Waals surface area contributed by atoms with Crippen molar-refractivity contribution in [3.05, 3.63) is 120 Å². The van der Waals surface area contributed by atoms with Crippen molar-refractivity contribution >= 4 is 24.0 Å². The van der Waals surface area contributed by atoms with Crippen LogP contribution in [0.4, 0.5) is 14.0 Å². The van der Waals surface area contributed by atoms with Crippen molar-refractivity contribution < 1.29 is 33.0 Å². The molecule has 0 spiro atoms. The van der Waals surface area contributed by atoms with Crippen LogP contribution < -0.4 is 10.6 Å². The first-order valence-electron chi connectivity index (χ1n) is 18.7. The number of hydrogen-bond acceptors (Lipinski definition) is 8. The number of carbonyl (C=O) groups excluding carboxylic acids is 4. The molecule has 56 heavy (non-hydrogen) atoms. The second kappa shape index (κ2) is 16.2.